The van der Waals surface area contributed by atoms with Gasteiger partial charge in [-0.15, -0.1) is 11.8 Å². The van der Waals surface area contributed by atoms with Crippen molar-refractivity contribution in [3.8, 4) is 0 Å². The number of aliphatic hydroxyl groups is 1. The summed E-state index contributed by atoms with van der Waals surface area (Å²) < 4.78 is 26.6. The number of nitrogens with two attached hydrogens (primary N) is 1. The molecule has 0 amide bonds. The molecule has 4 atom stereocenters. The molecule has 6 N–H and O–H groups in total. The SMILES string of the molecule is CCCCC/C=C\C\C=C/C=C/C=C/[C@@H](SC[C@H](N)C(=O)O[C@H](COC(=O)CCCCCCCCCCC/C=C\C/C=C\CCCCC)COP(=O)(O)O)[C@@H](O)CCCC(=O)O. The highest BCUT2D eigenvalue weighted by Gasteiger charge is 2.27. The summed E-state index contributed by atoms with van der Waals surface area (Å²) in [5.74, 6) is -2.40. The van der Waals surface area contributed by atoms with Gasteiger partial charge in [0.05, 0.1) is 12.7 Å². The van der Waals surface area contributed by atoms with E-state index in [-0.39, 0.29) is 31.4 Å². The van der Waals surface area contributed by atoms with Crippen molar-refractivity contribution in [2.24, 2.45) is 5.73 Å². The highest BCUT2D eigenvalue weighted by molar-refractivity contribution is 8.00. The summed E-state index contributed by atoms with van der Waals surface area (Å²) in [6.45, 7) is 3.21. The highest BCUT2D eigenvalue weighted by Crippen LogP contribution is 2.36. The van der Waals surface area contributed by atoms with Crippen LogP contribution in [0.4, 0.5) is 0 Å². The number of aliphatic hydroxyl groups excluding tert-OH is 1. The number of phosphoric acid groups is 1. The molecule has 0 unspecified atom stereocenters. The minimum atomic E-state index is -4.92. The number of hydrogen-bond donors (Lipinski definition) is 5. The van der Waals surface area contributed by atoms with Crippen molar-refractivity contribution in [1.82, 2.24) is 0 Å². The lowest BCUT2D eigenvalue weighted by Gasteiger charge is -2.23. The van der Waals surface area contributed by atoms with Crippen LogP contribution in [0.3, 0.4) is 0 Å². The number of thioether (sulfide) groups is 1. The van der Waals surface area contributed by atoms with Gasteiger partial charge in [-0.1, -0.05) is 157 Å². The molecule has 62 heavy (non-hydrogen) atoms. The third-order valence-corrected chi connectivity index (χ3v) is 11.6. The van der Waals surface area contributed by atoms with Gasteiger partial charge >= 0.3 is 25.7 Å². The Morgan fingerprint density at radius 3 is 1.76 bits per heavy atom. The Kier molecular flexibility index (Phi) is 40.3. The Morgan fingerprint density at radius 1 is 0.661 bits per heavy atom. The highest BCUT2D eigenvalue weighted by atomic mass is 32.2. The molecule has 0 aliphatic carbocycles. The van der Waals surface area contributed by atoms with E-state index in [2.05, 4.69) is 54.8 Å². The van der Waals surface area contributed by atoms with E-state index in [9.17, 15) is 33.8 Å². The lowest BCUT2D eigenvalue weighted by Crippen LogP contribution is -2.40. The normalized spacial score (nSPS) is 14.5. The third-order valence-electron chi connectivity index (χ3n) is 9.70. The predicted octanol–water partition coefficient (Wildman–Crippen LogP) is 11.2. The molecule has 0 aromatic heterocycles. The number of hydrogen-bond acceptors (Lipinski definition) is 10. The molecule has 14 heteroatoms. The van der Waals surface area contributed by atoms with Gasteiger partial charge in [-0.05, 0) is 70.6 Å². The Balaban J connectivity index is 4.74. The maximum Gasteiger partial charge on any atom is 0.469 e. The van der Waals surface area contributed by atoms with Gasteiger partial charge in [0.2, 0.25) is 0 Å². The Hall–Kier alpha value is -2.77. The largest absolute Gasteiger partial charge is 0.481 e. The second-order valence-corrected chi connectivity index (χ2v) is 18.0. The number of esters is 2. The van der Waals surface area contributed by atoms with E-state index < -0.39 is 62.4 Å². The number of carboxylic acids is 1. The quantitative estimate of drug-likeness (QED) is 0.0127. The molecule has 0 rings (SSSR count). The molecule has 0 aliphatic heterocycles. The molecule has 0 saturated heterocycles. The van der Waals surface area contributed by atoms with Gasteiger partial charge in [0, 0.05) is 23.8 Å². The molecule has 0 aromatic rings. The summed E-state index contributed by atoms with van der Waals surface area (Å²) in [6, 6.07) is -1.21. The first-order valence-corrected chi connectivity index (χ1v) is 25.8. The summed E-state index contributed by atoms with van der Waals surface area (Å²) in [7, 11) is -4.92. The Bertz CT molecular complexity index is 1360. The van der Waals surface area contributed by atoms with E-state index in [4.69, 9.17) is 20.3 Å². The van der Waals surface area contributed by atoms with Crippen molar-refractivity contribution in [2.45, 2.75) is 191 Å². The smallest absolute Gasteiger partial charge is 0.469 e. The molecule has 0 fully saturated rings. The van der Waals surface area contributed by atoms with E-state index in [1.807, 2.05) is 18.2 Å². The first-order valence-electron chi connectivity index (χ1n) is 23.2. The standard InChI is InChI=1S/C48H82NO11PS/c1-3-5-7-9-11-13-15-17-18-19-20-21-22-23-25-27-29-31-33-38-47(53)58-39-42(40-59-61(55,56)57)60-48(54)43(49)41-62-45(44(50)35-34-37-46(51)52)36-32-30-28-26-24-16-14-12-10-8-6-4-2/h11-14,17-18,24,26,28,30,32,36,42-45,50H,3-10,15-16,19-23,25,27,29,31,33-35,37-41,49H2,1-2H3,(H,51,52)(H2,55,56,57)/b13-11-,14-12-,18-17-,26-24-,30-28+,36-32+/t42-,43+,44+,45-/m1/s1. The first kappa shape index (κ1) is 59.2. The number of phosphoric ester groups is 1. The number of carboxylic acid groups (broad SMARTS) is 1. The minimum Gasteiger partial charge on any atom is -0.481 e. The van der Waals surface area contributed by atoms with E-state index in [1.165, 1.54) is 82.4 Å². The van der Waals surface area contributed by atoms with Gasteiger partial charge in [0.1, 0.15) is 12.6 Å². The van der Waals surface area contributed by atoms with Crippen LogP contribution in [-0.4, -0.2) is 80.4 Å². The van der Waals surface area contributed by atoms with Gasteiger partial charge in [-0.25, -0.2) is 4.57 Å². The summed E-state index contributed by atoms with van der Waals surface area (Å²) in [5.41, 5.74) is 6.13. The Morgan fingerprint density at radius 2 is 1.19 bits per heavy atom. The number of unbranched alkanes of at least 4 members (excludes halogenated alkanes) is 15. The van der Waals surface area contributed by atoms with Crippen LogP contribution in [0.1, 0.15) is 168 Å². The predicted molar refractivity (Wildman–Crippen MR) is 254 cm³/mol. The molecular weight excluding hydrogens is 830 g/mol. The number of allylic oxidation sites excluding steroid dienone is 11. The van der Waals surface area contributed by atoms with Crippen LogP contribution in [0, 0.1) is 0 Å². The fraction of sp³-hybridized carbons (Fsp3) is 0.688. The zero-order valence-electron chi connectivity index (χ0n) is 37.9. The van der Waals surface area contributed by atoms with Crippen molar-refractivity contribution >= 4 is 37.5 Å². The summed E-state index contributed by atoms with van der Waals surface area (Å²) in [4.78, 5) is 54.9. The average Bonchev–Trinajstić information content (AvgIpc) is 3.23. The molecule has 0 aromatic carbocycles. The van der Waals surface area contributed by atoms with Crippen LogP contribution in [0.15, 0.2) is 72.9 Å². The van der Waals surface area contributed by atoms with Crippen LogP contribution >= 0.6 is 19.6 Å². The van der Waals surface area contributed by atoms with Gasteiger partial charge in [-0.2, -0.15) is 0 Å². The van der Waals surface area contributed by atoms with Crippen LogP contribution < -0.4 is 5.73 Å². The van der Waals surface area contributed by atoms with Gasteiger partial charge < -0.3 is 35.2 Å². The first-order chi connectivity index (χ1) is 29.9. The van der Waals surface area contributed by atoms with E-state index >= 15 is 0 Å². The fourth-order valence-corrected chi connectivity index (χ4v) is 7.55. The lowest BCUT2D eigenvalue weighted by molar-refractivity contribution is -0.161. The second kappa shape index (κ2) is 42.2. The number of aliphatic carboxylic acids is 1. The number of carbonyl (C=O) groups excluding carboxylic acids is 2. The van der Waals surface area contributed by atoms with Crippen molar-refractivity contribution in [3.05, 3.63) is 72.9 Å². The van der Waals surface area contributed by atoms with Crippen LogP contribution in [0.25, 0.3) is 0 Å². The third kappa shape index (κ3) is 41.3. The molecule has 0 spiro atoms. The van der Waals surface area contributed by atoms with Gasteiger partial charge in [0.15, 0.2) is 6.10 Å². The van der Waals surface area contributed by atoms with Gasteiger partial charge in [-0.3, -0.25) is 18.9 Å². The van der Waals surface area contributed by atoms with Crippen LogP contribution in [-0.2, 0) is 32.9 Å². The summed E-state index contributed by atoms with van der Waals surface area (Å²) >= 11 is 1.18. The molecule has 0 aliphatic rings. The second-order valence-electron chi connectivity index (χ2n) is 15.6. The maximum atomic E-state index is 13.0. The molecule has 12 nitrogen and oxygen atoms in total. The molecule has 0 radical (unpaired) electrons. The maximum absolute atomic E-state index is 13.0. The number of rotatable bonds is 42. The van der Waals surface area contributed by atoms with Crippen molar-refractivity contribution in [3.63, 3.8) is 0 Å². The monoisotopic (exact) mass is 912 g/mol. The summed E-state index contributed by atoms with van der Waals surface area (Å²) in [5, 5.41) is 19.3. The van der Waals surface area contributed by atoms with Crippen molar-refractivity contribution in [2.75, 3.05) is 19.0 Å². The zero-order chi connectivity index (χ0) is 45.9. The van der Waals surface area contributed by atoms with E-state index in [0.29, 0.717) is 6.42 Å². The molecule has 0 saturated carbocycles. The van der Waals surface area contributed by atoms with Gasteiger partial charge in [0.25, 0.3) is 0 Å². The number of ether oxygens (including phenoxy) is 2. The fourth-order valence-electron chi connectivity index (χ4n) is 6.06. The van der Waals surface area contributed by atoms with Crippen LogP contribution in [0.2, 0.25) is 0 Å². The lowest BCUT2D eigenvalue weighted by atomic mass is 10.1. The molecule has 0 heterocycles. The summed E-state index contributed by atoms with van der Waals surface area (Å²) in [6.07, 6.45) is 45.2. The van der Waals surface area contributed by atoms with E-state index in [0.717, 1.165) is 51.4 Å². The van der Waals surface area contributed by atoms with E-state index in [1.54, 1.807) is 18.2 Å². The Labute approximate surface area is 378 Å². The average molecular weight is 912 g/mol. The van der Waals surface area contributed by atoms with Crippen LogP contribution in [0.5, 0.6) is 0 Å². The van der Waals surface area contributed by atoms with Crippen molar-refractivity contribution in [1.29, 1.82) is 0 Å². The topological polar surface area (TPSA) is 203 Å². The molecule has 356 valence electrons. The van der Waals surface area contributed by atoms with Crippen molar-refractivity contribution < 1.29 is 52.9 Å². The molecular formula is C48H82NO11PS. The zero-order valence-corrected chi connectivity index (χ0v) is 39.6. The number of carbonyl (C=O) groups is 3. The molecule has 0 bridgehead atoms. The minimum absolute atomic E-state index is 0.000926.